The molecule has 1 heterocycles. The summed E-state index contributed by atoms with van der Waals surface area (Å²) in [5.41, 5.74) is 0. The van der Waals surface area contributed by atoms with Crippen LogP contribution < -0.4 is 5.32 Å². The van der Waals surface area contributed by atoms with Crippen LogP contribution in [0.5, 0.6) is 0 Å². The van der Waals surface area contributed by atoms with Crippen molar-refractivity contribution in [2.75, 3.05) is 7.05 Å². The molecular formula is C5H5N2OS. The van der Waals surface area contributed by atoms with Gasteiger partial charge in [-0.2, -0.15) is 0 Å². The van der Waals surface area contributed by atoms with Crippen LogP contribution in [0.4, 0.5) is 0 Å². The summed E-state index contributed by atoms with van der Waals surface area (Å²) in [5.74, 6) is -0.152. The second kappa shape index (κ2) is 2.59. The normalized spacial score (nSPS) is 9.00. The number of rotatable bonds is 1. The zero-order chi connectivity index (χ0) is 6.69. The molecule has 47 valence electrons. The fourth-order valence-corrected chi connectivity index (χ4v) is 0.923. The Labute approximate surface area is 56.7 Å². The van der Waals surface area contributed by atoms with Crippen molar-refractivity contribution in [3.63, 3.8) is 0 Å². The Hall–Kier alpha value is -0.900. The summed E-state index contributed by atoms with van der Waals surface area (Å²) in [5, 5.41) is 5.63. The summed E-state index contributed by atoms with van der Waals surface area (Å²) < 4.78 is 0. The van der Waals surface area contributed by atoms with Gasteiger partial charge in [0.25, 0.3) is 5.91 Å². The molecule has 1 N–H and O–H groups in total. The van der Waals surface area contributed by atoms with Gasteiger partial charge in [-0.3, -0.25) is 4.79 Å². The van der Waals surface area contributed by atoms with Crippen LogP contribution in [0.25, 0.3) is 0 Å². The van der Waals surface area contributed by atoms with Crippen LogP contribution >= 0.6 is 11.3 Å². The van der Waals surface area contributed by atoms with Gasteiger partial charge < -0.3 is 5.32 Å². The molecule has 0 aliphatic heterocycles. The molecule has 1 aromatic heterocycles. The van der Waals surface area contributed by atoms with Gasteiger partial charge in [-0.1, -0.05) is 0 Å². The van der Waals surface area contributed by atoms with E-state index in [1.54, 1.807) is 7.05 Å². The van der Waals surface area contributed by atoms with Crippen molar-refractivity contribution in [2.45, 2.75) is 0 Å². The number of aromatic nitrogens is 1. The van der Waals surface area contributed by atoms with Crippen molar-refractivity contribution in [1.29, 1.82) is 0 Å². The Kier molecular flexibility index (Phi) is 1.79. The molecule has 0 saturated heterocycles. The van der Waals surface area contributed by atoms with Gasteiger partial charge in [0.15, 0.2) is 5.01 Å². The third-order valence-electron chi connectivity index (χ3n) is 0.811. The Balaban J connectivity index is 2.77. The summed E-state index contributed by atoms with van der Waals surface area (Å²) in [7, 11) is 1.57. The maximum atomic E-state index is 10.7. The Morgan fingerprint density at radius 1 is 2.00 bits per heavy atom. The molecule has 0 atom stereocenters. The molecule has 1 amide bonds. The van der Waals surface area contributed by atoms with E-state index in [2.05, 4.69) is 15.7 Å². The van der Waals surface area contributed by atoms with Crippen LogP contribution in [0, 0.1) is 5.38 Å². The lowest BCUT2D eigenvalue weighted by Crippen LogP contribution is -2.17. The molecule has 0 fully saturated rings. The number of hydrogen-bond acceptors (Lipinski definition) is 3. The quantitative estimate of drug-likeness (QED) is 0.611. The minimum atomic E-state index is -0.152. The van der Waals surface area contributed by atoms with Gasteiger partial charge >= 0.3 is 0 Å². The highest BCUT2D eigenvalue weighted by atomic mass is 32.1. The average molecular weight is 141 g/mol. The van der Waals surface area contributed by atoms with Gasteiger partial charge in [-0.15, -0.1) is 11.3 Å². The van der Waals surface area contributed by atoms with E-state index < -0.39 is 0 Å². The molecule has 9 heavy (non-hydrogen) atoms. The number of hydrogen-bond donors (Lipinski definition) is 1. The Morgan fingerprint density at radius 3 is 3.22 bits per heavy atom. The summed E-state index contributed by atoms with van der Waals surface area (Å²) in [6, 6.07) is 0. The number of thiazole rings is 1. The van der Waals surface area contributed by atoms with E-state index in [1.165, 1.54) is 17.5 Å². The van der Waals surface area contributed by atoms with Gasteiger partial charge in [0.2, 0.25) is 0 Å². The van der Waals surface area contributed by atoms with Gasteiger partial charge in [0.05, 0.1) is 5.38 Å². The zero-order valence-corrected chi connectivity index (χ0v) is 5.66. The topological polar surface area (TPSA) is 42.0 Å². The first-order valence-corrected chi connectivity index (χ1v) is 3.20. The Bertz CT molecular complexity index is 195. The number of amides is 1. The fraction of sp³-hybridized carbons (Fsp3) is 0.200. The number of carbonyl (C=O) groups is 1. The lowest BCUT2D eigenvalue weighted by Gasteiger charge is -1.89. The van der Waals surface area contributed by atoms with E-state index in [-0.39, 0.29) is 5.91 Å². The monoisotopic (exact) mass is 141 g/mol. The van der Waals surface area contributed by atoms with Crippen LogP contribution in [0.1, 0.15) is 9.80 Å². The highest BCUT2D eigenvalue weighted by Gasteiger charge is 2.02. The van der Waals surface area contributed by atoms with Gasteiger partial charge in [-0.25, -0.2) is 4.98 Å². The Morgan fingerprint density at radius 2 is 2.78 bits per heavy atom. The first-order chi connectivity index (χ1) is 4.34. The third kappa shape index (κ3) is 1.26. The average Bonchev–Trinajstić information content (AvgIpc) is 2.37. The minimum Gasteiger partial charge on any atom is -0.353 e. The van der Waals surface area contributed by atoms with Crippen LogP contribution in [0.2, 0.25) is 0 Å². The number of nitrogens with zero attached hydrogens (tertiary/aromatic N) is 1. The summed E-state index contributed by atoms with van der Waals surface area (Å²) in [4.78, 5) is 14.4. The second-order valence-electron chi connectivity index (χ2n) is 1.36. The first-order valence-electron chi connectivity index (χ1n) is 2.38. The van der Waals surface area contributed by atoms with Crippen molar-refractivity contribution in [1.82, 2.24) is 10.3 Å². The summed E-state index contributed by atoms with van der Waals surface area (Å²) >= 11 is 1.21. The molecular weight excluding hydrogens is 136 g/mol. The van der Waals surface area contributed by atoms with Gasteiger partial charge in [0.1, 0.15) is 0 Å². The highest BCUT2D eigenvalue weighted by Crippen LogP contribution is 2.00. The van der Waals surface area contributed by atoms with E-state index in [0.29, 0.717) is 5.01 Å². The van der Waals surface area contributed by atoms with E-state index in [4.69, 9.17) is 0 Å². The molecule has 1 radical (unpaired) electrons. The number of nitrogens with one attached hydrogen (secondary N) is 1. The maximum Gasteiger partial charge on any atom is 0.280 e. The summed E-state index contributed by atoms with van der Waals surface area (Å²) in [6.07, 6.45) is 1.48. The lowest BCUT2D eigenvalue weighted by atomic mass is 10.6. The molecule has 0 spiro atoms. The fourth-order valence-electron chi connectivity index (χ4n) is 0.405. The molecule has 4 heteroatoms. The molecule has 3 nitrogen and oxygen atoms in total. The molecule has 0 aromatic carbocycles. The molecule has 0 unspecified atom stereocenters. The van der Waals surface area contributed by atoms with Crippen LogP contribution in [-0.2, 0) is 0 Å². The molecule has 0 aliphatic carbocycles. The lowest BCUT2D eigenvalue weighted by molar-refractivity contribution is 0.0963. The van der Waals surface area contributed by atoms with E-state index in [9.17, 15) is 4.79 Å². The van der Waals surface area contributed by atoms with Gasteiger partial charge in [0, 0.05) is 13.2 Å². The second-order valence-corrected chi connectivity index (χ2v) is 2.19. The summed E-state index contributed by atoms with van der Waals surface area (Å²) in [6.45, 7) is 0. The van der Waals surface area contributed by atoms with Crippen LogP contribution in [-0.4, -0.2) is 17.9 Å². The smallest absolute Gasteiger partial charge is 0.280 e. The predicted octanol–water partition coefficient (Wildman–Crippen LogP) is 0.303. The maximum absolute atomic E-state index is 10.7. The highest BCUT2D eigenvalue weighted by molar-refractivity contribution is 7.11. The van der Waals surface area contributed by atoms with Crippen LogP contribution in [0.15, 0.2) is 6.20 Å². The molecule has 1 aromatic rings. The van der Waals surface area contributed by atoms with Crippen molar-refractivity contribution in [3.05, 3.63) is 16.6 Å². The van der Waals surface area contributed by atoms with Crippen molar-refractivity contribution in [3.8, 4) is 0 Å². The standard InChI is InChI=1S/C5H5N2OS/c1-6-4(8)5-7-2-3-9-5/h2H,1H3,(H,6,8). The van der Waals surface area contributed by atoms with Crippen molar-refractivity contribution >= 4 is 17.2 Å². The molecule has 0 bridgehead atoms. The van der Waals surface area contributed by atoms with E-state index in [0.717, 1.165) is 0 Å². The third-order valence-corrected chi connectivity index (χ3v) is 1.52. The minimum absolute atomic E-state index is 0.152. The van der Waals surface area contributed by atoms with Crippen LogP contribution in [0.3, 0.4) is 0 Å². The van der Waals surface area contributed by atoms with E-state index in [1.807, 2.05) is 0 Å². The van der Waals surface area contributed by atoms with Crippen molar-refractivity contribution < 1.29 is 4.79 Å². The largest absolute Gasteiger partial charge is 0.353 e. The van der Waals surface area contributed by atoms with Gasteiger partial charge in [-0.05, 0) is 0 Å². The zero-order valence-electron chi connectivity index (χ0n) is 4.84. The first kappa shape index (κ1) is 6.22. The SMILES string of the molecule is CNC(=O)c1nc[c]s1. The molecule has 0 saturated carbocycles. The molecule has 0 aliphatic rings. The van der Waals surface area contributed by atoms with Crippen molar-refractivity contribution in [2.24, 2.45) is 0 Å². The number of carbonyl (C=O) groups excluding carboxylic acids is 1. The van der Waals surface area contributed by atoms with E-state index >= 15 is 0 Å². The predicted molar refractivity (Wildman–Crippen MR) is 34.3 cm³/mol. The molecule has 1 rings (SSSR count).